The van der Waals surface area contributed by atoms with Crippen LogP contribution in [-0.2, 0) is 6.18 Å². The zero-order valence-corrected chi connectivity index (χ0v) is 16.6. The number of halogens is 3. The molecule has 0 bridgehead atoms. The predicted molar refractivity (Wildman–Crippen MR) is 110 cm³/mol. The summed E-state index contributed by atoms with van der Waals surface area (Å²) < 4.78 is 38.0. The third-order valence-electron chi connectivity index (χ3n) is 4.75. The molecule has 1 aliphatic heterocycles. The highest BCUT2D eigenvalue weighted by molar-refractivity contribution is 7.14. The van der Waals surface area contributed by atoms with E-state index in [0.717, 1.165) is 23.5 Å². The van der Waals surface area contributed by atoms with Crippen LogP contribution in [-0.4, -0.2) is 47.1 Å². The number of pyridine rings is 1. The molecule has 1 aromatic carbocycles. The minimum absolute atomic E-state index is 0.246. The van der Waals surface area contributed by atoms with E-state index < -0.39 is 11.7 Å². The van der Waals surface area contributed by atoms with E-state index in [-0.39, 0.29) is 6.03 Å². The second-order valence-electron chi connectivity index (χ2n) is 6.71. The first-order valence-electron chi connectivity index (χ1n) is 9.25. The molecule has 0 unspecified atom stereocenters. The number of thiazole rings is 1. The molecule has 3 aromatic rings. The van der Waals surface area contributed by atoms with E-state index in [1.54, 1.807) is 4.90 Å². The average Bonchev–Trinajstić information content (AvgIpc) is 3.22. The number of piperazine rings is 1. The molecule has 0 radical (unpaired) electrons. The van der Waals surface area contributed by atoms with Crippen LogP contribution in [0.1, 0.15) is 5.56 Å². The Labute approximate surface area is 175 Å². The van der Waals surface area contributed by atoms with Gasteiger partial charge in [0.25, 0.3) is 0 Å². The Balaban J connectivity index is 1.32. The molecule has 1 aliphatic rings. The molecule has 156 valence electrons. The van der Waals surface area contributed by atoms with Gasteiger partial charge in [0, 0.05) is 43.3 Å². The summed E-state index contributed by atoms with van der Waals surface area (Å²) >= 11 is 1.36. The van der Waals surface area contributed by atoms with Crippen molar-refractivity contribution in [2.45, 2.75) is 6.18 Å². The number of alkyl halides is 3. The number of rotatable bonds is 3. The molecule has 0 saturated carbocycles. The molecule has 1 N–H and O–H groups in total. The van der Waals surface area contributed by atoms with E-state index >= 15 is 0 Å². The molecule has 1 fully saturated rings. The fourth-order valence-electron chi connectivity index (χ4n) is 3.12. The van der Waals surface area contributed by atoms with Crippen LogP contribution in [0.15, 0.2) is 54.0 Å². The molecular formula is C20H18F3N5OS. The summed E-state index contributed by atoms with van der Waals surface area (Å²) in [4.78, 5) is 24.4. The van der Waals surface area contributed by atoms with Crippen LogP contribution in [0, 0.1) is 0 Å². The molecule has 10 heteroatoms. The first-order valence-corrected chi connectivity index (χ1v) is 10.1. The van der Waals surface area contributed by atoms with Crippen molar-refractivity contribution < 1.29 is 18.0 Å². The highest BCUT2D eigenvalue weighted by Crippen LogP contribution is 2.29. The summed E-state index contributed by atoms with van der Waals surface area (Å²) in [5.74, 6) is 0.468. The van der Waals surface area contributed by atoms with E-state index in [2.05, 4.69) is 15.3 Å². The normalized spacial score (nSPS) is 14.6. The van der Waals surface area contributed by atoms with Gasteiger partial charge in [0.1, 0.15) is 5.82 Å². The molecule has 3 heterocycles. The SMILES string of the molecule is O=C(Nc1nc(-c2ccccc2)cs1)N1CCN(c2ccc(C(F)(F)F)cn2)CC1. The van der Waals surface area contributed by atoms with Gasteiger partial charge in [0.15, 0.2) is 5.13 Å². The third kappa shape index (κ3) is 4.54. The molecule has 0 aliphatic carbocycles. The Morgan fingerprint density at radius 2 is 1.77 bits per heavy atom. The van der Waals surface area contributed by atoms with Gasteiger partial charge in [-0.1, -0.05) is 30.3 Å². The summed E-state index contributed by atoms with van der Waals surface area (Å²) in [6, 6.07) is 11.8. The number of carbonyl (C=O) groups is 1. The number of amides is 2. The topological polar surface area (TPSA) is 61.4 Å². The third-order valence-corrected chi connectivity index (χ3v) is 5.51. The average molecular weight is 433 g/mol. The summed E-state index contributed by atoms with van der Waals surface area (Å²) in [5, 5.41) is 5.22. The van der Waals surface area contributed by atoms with Gasteiger partial charge >= 0.3 is 12.2 Å². The molecule has 30 heavy (non-hydrogen) atoms. The number of nitrogens with zero attached hydrogens (tertiary/aromatic N) is 4. The van der Waals surface area contributed by atoms with Crippen molar-refractivity contribution in [3.8, 4) is 11.3 Å². The van der Waals surface area contributed by atoms with E-state index in [4.69, 9.17) is 0 Å². The van der Waals surface area contributed by atoms with Gasteiger partial charge in [0.2, 0.25) is 0 Å². The van der Waals surface area contributed by atoms with E-state index in [1.165, 1.54) is 17.4 Å². The molecule has 4 rings (SSSR count). The van der Waals surface area contributed by atoms with Gasteiger partial charge in [-0.15, -0.1) is 11.3 Å². The smallest absolute Gasteiger partial charge is 0.353 e. The molecule has 2 aromatic heterocycles. The van der Waals surface area contributed by atoms with Gasteiger partial charge in [-0.2, -0.15) is 13.2 Å². The molecule has 0 spiro atoms. The fourth-order valence-corrected chi connectivity index (χ4v) is 3.83. The molecule has 1 saturated heterocycles. The van der Waals surface area contributed by atoms with Crippen molar-refractivity contribution in [1.82, 2.24) is 14.9 Å². The quantitative estimate of drug-likeness (QED) is 0.657. The number of aromatic nitrogens is 2. The maximum absolute atomic E-state index is 12.7. The van der Waals surface area contributed by atoms with Crippen LogP contribution >= 0.6 is 11.3 Å². The van der Waals surface area contributed by atoms with Crippen molar-refractivity contribution >= 4 is 28.3 Å². The number of carbonyl (C=O) groups excluding carboxylic acids is 1. The Hall–Kier alpha value is -3.14. The lowest BCUT2D eigenvalue weighted by Gasteiger charge is -2.35. The Morgan fingerprint density at radius 1 is 1.03 bits per heavy atom. The van der Waals surface area contributed by atoms with Crippen LogP contribution in [0.2, 0.25) is 0 Å². The largest absolute Gasteiger partial charge is 0.417 e. The number of anilines is 2. The summed E-state index contributed by atoms with van der Waals surface area (Å²) in [6.07, 6.45) is -3.57. The predicted octanol–water partition coefficient (Wildman–Crippen LogP) is 4.58. The van der Waals surface area contributed by atoms with Gasteiger partial charge in [0.05, 0.1) is 11.3 Å². The van der Waals surface area contributed by atoms with Crippen LogP contribution in [0.4, 0.5) is 28.9 Å². The zero-order chi connectivity index (χ0) is 21.1. The number of urea groups is 1. The second-order valence-corrected chi connectivity index (χ2v) is 7.57. The first-order chi connectivity index (χ1) is 14.4. The second kappa shape index (κ2) is 8.31. The van der Waals surface area contributed by atoms with Crippen LogP contribution < -0.4 is 10.2 Å². The standard InChI is InChI=1S/C20H18F3N5OS/c21-20(22,23)15-6-7-17(24-12-15)27-8-10-28(11-9-27)19(29)26-18-25-16(13-30-18)14-4-2-1-3-5-14/h1-7,12-13H,8-11H2,(H,25,26,29). The monoisotopic (exact) mass is 433 g/mol. The summed E-state index contributed by atoms with van der Waals surface area (Å²) in [7, 11) is 0. The van der Waals surface area contributed by atoms with Gasteiger partial charge in [-0.05, 0) is 12.1 Å². The van der Waals surface area contributed by atoms with Crippen molar-refractivity contribution in [1.29, 1.82) is 0 Å². The van der Waals surface area contributed by atoms with E-state index in [0.29, 0.717) is 37.1 Å². The highest BCUT2D eigenvalue weighted by Gasteiger charge is 2.31. The van der Waals surface area contributed by atoms with Crippen molar-refractivity contribution in [3.05, 3.63) is 59.6 Å². The lowest BCUT2D eigenvalue weighted by atomic mass is 10.2. The van der Waals surface area contributed by atoms with Crippen molar-refractivity contribution in [2.75, 3.05) is 36.4 Å². The van der Waals surface area contributed by atoms with Crippen LogP contribution in [0.5, 0.6) is 0 Å². The summed E-state index contributed by atoms with van der Waals surface area (Å²) in [6.45, 7) is 1.84. The van der Waals surface area contributed by atoms with Crippen molar-refractivity contribution in [3.63, 3.8) is 0 Å². The maximum atomic E-state index is 12.7. The highest BCUT2D eigenvalue weighted by atomic mass is 32.1. The Bertz CT molecular complexity index is 999. The molecule has 2 amide bonds. The zero-order valence-electron chi connectivity index (χ0n) is 15.8. The number of nitrogens with one attached hydrogen (secondary N) is 1. The van der Waals surface area contributed by atoms with E-state index in [1.807, 2.05) is 40.6 Å². The molecule has 0 atom stereocenters. The molecule has 6 nitrogen and oxygen atoms in total. The molecular weight excluding hydrogens is 415 g/mol. The number of hydrogen-bond acceptors (Lipinski definition) is 5. The Kier molecular flexibility index (Phi) is 5.58. The minimum atomic E-state index is -4.40. The lowest BCUT2D eigenvalue weighted by Crippen LogP contribution is -2.50. The maximum Gasteiger partial charge on any atom is 0.417 e. The number of benzene rings is 1. The summed E-state index contributed by atoms with van der Waals surface area (Å²) in [5.41, 5.74) is 1.00. The van der Waals surface area contributed by atoms with Gasteiger partial charge in [-0.25, -0.2) is 14.8 Å². The first kappa shape index (κ1) is 20.1. The van der Waals surface area contributed by atoms with Crippen LogP contribution in [0.3, 0.4) is 0 Å². The Morgan fingerprint density at radius 3 is 2.40 bits per heavy atom. The van der Waals surface area contributed by atoms with Gasteiger partial charge < -0.3 is 9.80 Å². The fraction of sp³-hybridized carbons (Fsp3) is 0.250. The van der Waals surface area contributed by atoms with Gasteiger partial charge in [-0.3, -0.25) is 5.32 Å². The number of hydrogen-bond donors (Lipinski definition) is 1. The van der Waals surface area contributed by atoms with Crippen LogP contribution in [0.25, 0.3) is 11.3 Å². The minimum Gasteiger partial charge on any atom is -0.353 e. The van der Waals surface area contributed by atoms with Crippen molar-refractivity contribution in [2.24, 2.45) is 0 Å². The van der Waals surface area contributed by atoms with E-state index in [9.17, 15) is 18.0 Å². The lowest BCUT2D eigenvalue weighted by molar-refractivity contribution is -0.137.